The summed E-state index contributed by atoms with van der Waals surface area (Å²) < 4.78 is 32.9. The molecule has 0 aliphatic carbocycles. The molecule has 0 unspecified atom stereocenters. The summed E-state index contributed by atoms with van der Waals surface area (Å²) in [7, 11) is -3.60. The van der Waals surface area contributed by atoms with Gasteiger partial charge in [0.15, 0.2) is 11.0 Å². The molecule has 26 heavy (non-hydrogen) atoms. The Morgan fingerprint density at radius 3 is 2.42 bits per heavy atom. The topological polar surface area (TPSA) is 79.5 Å². The van der Waals surface area contributed by atoms with E-state index in [1.54, 1.807) is 10.4 Å². The fourth-order valence-corrected chi connectivity index (χ4v) is 5.92. The maximum Gasteiger partial charge on any atom is 0.245 e. The van der Waals surface area contributed by atoms with Gasteiger partial charge in [0.1, 0.15) is 4.90 Å². The van der Waals surface area contributed by atoms with Crippen LogP contribution in [0.15, 0.2) is 21.7 Å². The molecule has 2 atom stereocenters. The van der Waals surface area contributed by atoms with Gasteiger partial charge in [-0.2, -0.15) is 4.31 Å². The van der Waals surface area contributed by atoms with Gasteiger partial charge in [0, 0.05) is 26.2 Å². The molecule has 142 valence electrons. The van der Waals surface area contributed by atoms with Crippen molar-refractivity contribution in [1.29, 1.82) is 0 Å². The molecule has 7 nitrogen and oxygen atoms in total. The van der Waals surface area contributed by atoms with Crippen LogP contribution < -0.4 is 4.90 Å². The maximum absolute atomic E-state index is 13.2. The molecule has 8 heteroatoms. The normalized spacial score (nSPS) is 25.7. The SMILES string of the molecule is C[C@H]1CCCN(c2ccc(S(=O)(=O)N3CCC[C@H](C)C3)c3nonc23)C1. The van der Waals surface area contributed by atoms with E-state index in [4.69, 9.17) is 4.63 Å². The molecule has 2 aliphatic heterocycles. The Bertz CT molecular complexity index is 895. The second kappa shape index (κ2) is 6.81. The highest BCUT2D eigenvalue weighted by Gasteiger charge is 2.32. The van der Waals surface area contributed by atoms with E-state index in [0.29, 0.717) is 36.0 Å². The highest BCUT2D eigenvalue weighted by Crippen LogP contribution is 2.34. The molecule has 3 heterocycles. The van der Waals surface area contributed by atoms with Gasteiger partial charge in [-0.15, -0.1) is 0 Å². The van der Waals surface area contributed by atoms with Gasteiger partial charge in [-0.3, -0.25) is 0 Å². The van der Waals surface area contributed by atoms with Crippen LogP contribution in [0.2, 0.25) is 0 Å². The first kappa shape index (κ1) is 17.7. The van der Waals surface area contributed by atoms with E-state index in [-0.39, 0.29) is 4.90 Å². The number of benzene rings is 1. The zero-order valence-corrected chi connectivity index (χ0v) is 16.2. The average molecular weight is 378 g/mol. The van der Waals surface area contributed by atoms with Crippen molar-refractivity contribution >= 4 is 26.7 Å². The molecule has 2 aromatic rings. The molecule has 0 bridgehead atoms. The summed E-state index contributed by atoms with van der Waals surface area (Å²) in [6.07, 6.45) is 4.30. The predicted octanol–water partition coefficient (Wildman–Crippen LogP) is 2.88. The summed E-state index contributed by atoms with van der Waals surface area (Å²) in [5, 5.41) is 8.00. The van der Waals surface area contributed by atoms with Crippen molar-refractivity contribution in [2.24, 2.45) is 11.8 Å². The lowest BCUT2D eigenvalue weighted by molar-refractivity contribution is 0.281. The Kier molecular flexibility index (Phi) is 4.64. The van der Waals surface area contributed by atoms with Gasteiger partial charge >= 0.3 is 0 Å². The van der Waals surface area contributed by atoms with Crippen LogP contribution in [-0.4, -0.2) is 49.2 Å². The minimum atomic E-state index is -3.60. The third-order valence-electron chi connectivity index (χ3n) is 5.59. The highest BCUT2D eigenvalue weighted by atomic mass is 32.2. The number of hydrogen-bond donors (Lipinski definition) is 0. The van der Waals surface area contributed by atoms with Crippen molar-refractivity contribution in [3.8, 4) is 0 Å². The molecule has 4 rings (SSSR count). The predicted molar refractivity (Wildman–Crippen MR) is 99.6 cm³/mol. The number of aromatic nitrogens is 2. The Hall–Kier alpha value is -1.67. The average Bonchev–Trinajstić information content (AvgIpc) is 3.10. The minimum absolute atomic E-state index is 0.205. The van der Waals surface area contributed by atoms with E-state index in [0.717, 1.165) is 38.0 Å². The molecule has 2 saturated heterocycles. The third-order valence-corrected chi connectivity index (χ3v) is 7.49. The number of anilines is 1. The minimum Gasteiger partial charge on any atom is -0.369 e. The van der Waals surface area contributed by atoms with Crippen molar-refractivity contribution in [2.45, 2.75) is 44.4 Å². The monoisotopic (exact) mass is 378 g/mol. The Labute approximate surface area is 154 Å². The van der Waals surface area contributed by atoms with Crippen LogP contribution in [-0.2, 0) is 10.0 Å². The van der Waals surface area contributed by atoms with Crippen LogP contribution in [0, 0.1) is 11.8 Å². The van der Waals surface area contributed by atoms with Gasteiger partial charge in [0.25, 0.3) is 0 Å². The molecule has 1 aromatic carbocycles. The first-order valence-electron chi connectivity index (χ1n) is 9.47. The zero-order chi connectivity index (χ0) is 18.3. The molecule has 0 radical (unpaired) electrons. The highest BCUT2D eigenvalue weighted by molar-refractivity contribution is 7.89. The lowest BCUT2D eigenvalue weighted by atomic mass is 9.99. The first-order chi connectivity index (χ1) is 12.5. The van der Waals surface area contributed by atoms with Crippen LogP contribution in [0.5, 0.6) is 0 Å². The van der Waals surface area contributed by atoms with E-state index in [1.807, 2.05) is 6.07 Å². The Balaban J connectivity index is 1.73. The second-order valence-electron chi connectivity index (χ2n) is 7.85. The summed E-state index contributed by atoms with van der Waals surface area (Å²) >= 11 is 0. The van der Waals surface area contributed by atoms with Crippen LogP contribution >= 0.6 is 0 Å². The van der Waals surface area contributed by atoms with E-state index in [9.17, 15) is 8.42 Å². The first-order valence-corrected chi connectivity index (χ1v) is 10.9. The fraction of sp³-hybridized carbons (Fsp3) is 0.667. The fourth-order valence-electron chi connectivity index (χ4n) is 4.21. The zero-order valence-electron chi connectivity index (χ0n) is 15.4. The summed E-state index contributed by atoms with van der Waals surface area (Å²) in [6, 6.07) is 3.54. The van der Waals surface area contributed by atoms with Gasteiger partial charge in [-0.1, -0.05) is 13.8 Å². The van der Waals surface area contributed by atoms with Crippen LogP contribution in [0.3, 0.4) is 0 Å². The summed E-state index contributed by atoms with van der Waals surface area (Å²) in [5.41, 5.74) is 1.81. The lowest BCUT2D eigenvalue weighted by Crippen LogP contribution is -2.39. The second-order valence-corrected chi connectivity index (χ2v) is 9.75. The molecular formula is C18H26N4O3S. The number of nitrogens with zero attached hydrogens (tertiary/aromatic N) is 4. The molecule has 0 saturated carbocycles. The Morgan fingerprint density at radius 1 is 1.00 bits per heavy atom. The number of sulfonamides is 1. The van der Waals surface area contributed by atoms with Crippen LogP contribution in [0.4, 0.5) is 5.69 Å². The number of fused-ring (bicyclic) bond motifs is 1. The van der Waals surface area contributed by atoms with E-state index in [2.05, 4.69) is 29.1 Å². The summed E-state index contributed by atoms with van der Waals surface area (Å²) in [4.78, 5) is 2.47. The molecular weight excluding hydrogens is 352 g/mol. The quantitative estimate of drug-likeness (QED) is 0.817. The van der Waals surface area contributed by atoms with Crippen molar-refractivity contribution in [2.75, 3.05) is 31.1 Å². The molecule has 2 fully saturated rings. The summed E-state index contributed by atoms with van der Waals surface area (Å²) in [6.45, 7) is 7.33. The van der Waals surface area contributed by atoms with Crippen LogP contribution in [0.1, 0.15) is 39.5 Å². The van der Waals surface area contributed by atoms with Gasteiger partial charge in [-0.05, 0) is 60.0 Å². The molecule has 1 aromatic heterocycles. The largest absolute Gasteiger partial charge is 0.369 e. The van der Waals surface area contributed by atoms with Gasteiger partial charge in [0.05, 0.1) is 5.69 Å². The van der Waals surface area contributed by atoms with Gasteiger partial charge < -0.3 is 4.90 Å². The Morgan fingerprint density at radius 2 is 1.69 bits per heavy atom. The molecule has 0 spiro atoms. The number of hydrogen-bond acceptors (Lipinski definition) is 6. The third kappa shape index (κ3) is 3.09. The van der Waals surface area contributed by atoms with Gasteiger partial charge in [0.2, 0.25) is 10.0 Å². The smallest absolute Gasteiger partial charge is 0.245 e. The van der Waals surface area contributed by atoms with Crippen molar-refractivity contribution in [3.63, 3.8) is 0 Å². The van der Waals surface area contributed by atoms with E-state index >= 15 is 0 Å². The van der Waals surface area contributed by atoms with E-state index < -0.39 is 10.0 Å². The van der Waals surface area contributed by atoms with Crippen LogP contribution in [0.25, 0.3) is 11.0 Å². The van der Waals surface area contributed by atoms with Gasteiger partial charge in [-0.25, -0.2) is 13.0 Å². The number of piperidine rings is 2. The maximum atomic E-state index is 13.2. The molecule has 0 amide bonds. The van der Waals surface area contributed by atoms with Crippen molar-refractivity contribution in [3.05, 3.63) is 12.1 Å². The molecule has 0 N–H and O–H groups in total. The molecule has 2 aliphatic rings. The standard InChI is InChI=1S/C18H26N4O3S/c1-13-5-3-9-21(11-13)15-7-8-16(18-17(15)19-25-20-18)26(23,24)22-10-4-6-14(2)12-22/h7-8,13-14H,3-6,9-12H2,1-2H3/t13-,14-/m0/s1. The lowest BCUT2D eigenvalue weighted by Gasteiger charge is -2.33. The summed E-state index contributed by atoms with van der Waals surface area (Å²) in [5.74, 6) is 0.982. The van der Waals surface area contributed by atoms with E-state index in [1.165, 1.54) is 6.42 Å². The van der Waals surface area contributed by atoms with Crippen molar-refractivity contribution in [1.82, 2.24) is 14.6 Å². The number of rotatable bonds is 3. The van der Waals surface area contributed by atoms with Crippen molar-refractivity contribution < 1.29 is 13.0 Å².